The molecule has 6 nitrogen and oxygen atoms in total. The van der Waals surface area contributed by atoms with E-state index >= 15 is 0 Å². The number of nitrogens with one attached hydrogen (secondary N) is 2. The number of nitrogens with zero attached hydrogens (tertiary/aromatic N) is 3. The SMILES string of the molecule is Cc1nnc2n1CC(C(=O)NCc1c(F)cccc1Cl)NC2. The molecular formula is C14H15ClFN5O. The molecule has 2 heterocycles. The van der Waals surface area contributed by atoms with Crippen LogP contribution < -0.4 is 10.6 Å². The summed E-state index contributed by atoms with van der Waals surface area (Å²) in [6, 6.07) is 4.03. The van der Waals surface area contributed by atoms with Gasteiger partial charge in [0, 0.05) is 23.7 Å². The molecule has 0 radical (unpaired) electrons. The van der Waals surface area contributed by atoms with E-state index in [0.29, 0.717) is 18.1 Å². The Bertz CT molecular complexity index is 697. The van der Waals surface area contributed by atoms with Gasteiger partial charge in [0.2, 0.25) is 5.91 Å². The Morgan fingerprint density at radius 3 is 3.14 bits per heavy atom. The van der Waals surface area contributed by atoms with Crippen molar-refractivity contribution in [2.75, 3.05) is 0 Å². The Morgan fingerprint density at radius 2 is 2.36 bits per heavy atom. The number of fused-ring (bicyclic) bond motifs is 1. The van der Waals surface area contributed by atoms with Gasteiger partial charge in [-0.05, 0) is 19.1 Å². The molecule has 0 spiro atoms. The Labute approximate surface area is 131 Å². The number of aryl methyl sites for hydroxylation is 1. The zero-order valence-electron chi connectivity index (χ0n) is 11.9. The number of carbonyl (C=O) groups is 1. The summed E-state index contributed by atoms with van der Waals surface area (Å²) in [7, 11) is 0. The zero-order chi connectivity index (χ0) is 15.7. The number of benzene rings is 1. The van der Waals surface area contributed by atoms with Gasteiger partial charge in [0.25, 0.3) is 0 Å². The van der Waals surface area contributed by atoms with Gasteiger partial charge in [-0.15, -0.1) is 10.2 Å². The molecule has 0 saturated heterocycles. The van der Waals surface area contributed by atoms with Crippen LogP contribution in [0.15, 0.2) is 18.2 Å². The van der Waals surface area contributed by atoms with Crippen molar-refractivity contribution in [3.63, 3.8) is 0 Å². The lowest BCUT2D eigenvalue weighted by atomic mass is 10.2. The predicted molar refractivity (Wildman–Crippen MR) is 78.6 cm³/mol. The minimum absolute atomic E-state index is 0.0521. The molecular weight excluding hydrogens is 309 g/mol. The molecule has 3 rings (SSSR count). The molecule has 0 aliphatic carbocycles. The van der Waals surface area contributed by atoms with Gasteiger partial charge in [-0.3, -0.25) is 10.1 Å². The fourth-order valence-electron chi connectivity index (χ4n) is 2.43. The van der Waals surface area contributed by atoms with Crippen molar-refractivity contribution in [2.45, 2.75) is 32.6 Å². The first-order valence-corrected chi connectivity index (χ1v) is 7.26. The molecule has 22 heavy (non-hydrogen) atoms. The van der Waals surface area contributed by atoms with Crippen LogP contribution in [0.1, 0.15) is 17.2 Å². The Kier molecular flexibility index (Phi) is 4.08. The summed E-state index contributed by atoms with van der Waals surface area (Å²) < 4.78 is 15.6. The second-order valence-corrected chi connectivity index (χ2v) is 5.53. The summed E-state index contributed by atoms with van der Waals surface area (Å²) in [5.41, 5.74) is 0.287. The number of halogens is 2. The van der Waals surface area contributed by atoms with E-state index in [1.807, 2.05) is 11.5 Å². The highest BCUT2D eigenvalue weighted by Crippen LogP contribution is 2.18. The van der Waals surface area contributed by atoms with E-state index in [2.05, 4.69) is 20.8 Å². The molecule has 1 aromatic heterocycles. The van der Waals surface area contributed by atoms with Gasteiger partial charge in [-0.25, -0.2) is 4.39 Å². The van der Waals surface area contributed by atoms with Crippen molar-refractivity contribution < 1.29 is 9.18 Å². The fourth-order valence-corrected chi connectivity index (χ4v) is 2.66. The smallest absolute Gasteiger partial charge is 0.239 e. The third-order valence-electron chi connectivity index (χ3n) is 3.70. The van der Waals surface area contributed by atoms with E-state index in [9.17, 15) is 9.18 Å². The van der Waals surface area contributed by atoms with E-state index in [1.54, 1.807) is 6.07 Å². The molecule has 1 unspecified atom stereocenters. The second kappa shape index (κ2) is 6.02. The van der Waals surface area contributed by atoms with E-state index in [-0.39, 0.29) is 18.0 Å². The maximum Gasteiger partial charge on any atom is 0.239 e. The number of carbonyl (C=O) groups excluding carboxylic acids is 1. The van der Waals surface area contributed by atoms with E-state index < -0.39 is 11.9 Å². The molecule has 1 aliphatic heterocycles. The topological polar surface area (TPSA) is 71.8 Å². The van der Waals surface area contributed by atoms with Gasteiger partial charge in [-0.2, -0.15) is 0 Å². The zero-order valence-corrected chi connectivity index (χ0v) is 12.7. The van der Waals surface area contributed by atoms with Crippen molar-refractivity contribution >= 4 is 17.5 Å². The first kappa shape index (κ1) is 14.9. The van der Waals surface area contributed by atoms with Crippen LogP contribution in [0, 0.1) is 12.7 Å². The van der Waals surface area contributed by atoms with Crippen LogP contribution in [0.5, 0.6) is 0 Å². The van der Waals surface area contributed by atoms with Crippen LogP contribution >= 0.6 is 11.6 Å². The van der Waals surface area contributed by atoms with Gasteiger partial charge >= 0.3 is 0 Å². The van der Waals surface area contributed by atoms with Crippen LogP contribution in [0.2, 0.25) is 5.02 Å². The first-order chi connectivity index (χ1) is 10.6. The molecule has 2 N–H and O–H groups in total. The number of hydrogen-bond acceptors (Lipinski definition) is 4. The van der Waals surface area contributed by atoms with E-state index in [1.165, 1.54) is 12.1 Å². The van der Waals surface area contributed by atoms with Crippen LogP contribution in [-0.2, 0) is 24.4 Å². The largest absolute Gasteiger partial charge is 0.350 e. The van der Waals surface area contributed by atoms with Gasteiger partial charge in [0.05, 0.1) is 6.54 Å². The molecule has 1 aliphatic rings. The lowest BCUT2D eigenvalue weighted by Crippen LogP contribution is -2.49. The van der Waals surface area contributed by atoms with Crippen molar-refractivity contribution in [2.24, 2.45) is 0 Å². The molecule has 0 bridgehead atoms. The summed E-state index contributed by atoms with van der Waals surface area (Å²) in [5, 5.41) is 14.1. The standard InChI is InChI=1S/C14H15ClFN5O/c1-8-19-20-13-6-17-12(7-21(8)13)14(22)18-5-9-10(15)3-2-4-11(9)16/h2-4,12,17H,5-7H2,1H3,(H,18,22). The summed E-state index contributed by atoms with van der Waals surface area (Å²) in [5.74, 6) is 0.935. The average molecular weight is 324 g/mol. The van der Waals surface area contributed by atoms with Crippen LogP contribution in [0.4, 0.5) is 4.39 Å². The lowest BCUT2D eigenvalue weighted by Gasteiger charge is -2.24. The van der Waals surface area contributed by atoms with Crippen molar-refractivity contribution in [3.05, 3.63) is 46.3 Å². The molecule has 116 valence electrons. The highest BCUT2D eigenvalue weighted by atomic mass is 35.5. The summed E-state index contributed by atoms with van der Waals surface area (Å²) in [4.78, 5) is 12.2. The van der Waals surface area contributed by atoms with Gasteiger partial charge in [0.1, 0.15) is 23.5 Å². The highest BCUT2D eigenvalue weighted by molar-refractivity contribution is 6.31. The van der Waals surface area contributed by atoms with E-state index in [0.717, 1.165) is 11.6 Å². The van der Waals surface area contributed by atoms with Crippen LogP contribution in [0.25, 0.3) is 0 Å². The Morgan fingerprint density at radius 1 is 1.55 bits per heavy atom. The third kappa shape index (κ3) is 2.82. The highest BCUT2D eigenvalue weighted by Gasteiger charge is 2.26. The summed E-state index contributed by atoms with van der Waals surface area (Å²) in [6.45, 7) is 2.82. The van der Waals surface area contributed by atoms with Crippen molar-refractivity contribution in [1.29, 1.82) is 0 Å². The van der Waals surface area contributed by atoms with Crippen molar-refractivity contribution in [1.82, 2.24) is 25.4 Å². The molecule has 1 amide bonds. The fraction of sp³-hybridized carbons (Fsp3) is 0.357. The molecule has 1 aromatic carbocycles. The number of hydrogen-bond donors (Lipinski definition) is 2. The van der Waals surface area contributed by atoms with Gasteiger partial charge in [0.15, 0.2) is 0 Å². The molecule has 1 atom stereocenters. The van der Waals surface area contributed by atoms with Gasteiger partial charge < -0.3 is 9.88 Å². The molecule has 2 aromatic rings. The lowest BCUT2D eigenvalue weighted by molar-refractivity contribution is -0.124. The maximum atomic E-state index is 13.7. The third-order valence-corrected chi connectivity index (χ3v) is 4.06. The Hall–Kier alpha value is -1.99. The van der Waals surface area contributed by atoms with Gasteiger partial charge in [-0.1, -0.05) is 17.7 Å². The average Bonchev–Trinajstić information content (AvgIpc) is 2.87. The molecule has 8 heteroatoms. The normalized spacial score (nSPS) is 17.1. The number of aromatic nitrogens is 3. The minimum atomic E-state index is -0.429. The number of amides is 1. The van der Waals surface area contributed by atoms with E-state index in [4.69, 9.17) is 11.6 Å². The monoisotopic (exact) mass is 323 g/mol. The summed E-state index contributed by atoms with van der Waals surface area (Å²) in [6.07, 6.45) is 0. The number of rotatable bonds is 3. The predicted octanol–water partition coefficient (Wildman–Crippen LogP) is 1.17. The minimum Gasteiger partial charge on any atom is -0.350 e. The molecule has 0 saturated carbocycles. The maximum absolute atomic E-state index is 13.7. The Balaban J connectivity index is 1.65. The first-order valence-electron chi connectivity index (χ1n) is 6.89. The second-order valence-electron chi connectivity index (χ2n) is 5.13. The quantitative estimate of drug-likeness (QED) is 0.889. The summed E-state index contributed by atoms with van der Waals surface area (Å²) >= 11 is 5.94. The van der Waals surface area contributed by atoms with Crippen molar-refractivity contribution in [3.8, 4) is 0 Å². The van der Waals surface area contributed by atoms with Crippen LogP contribution in [0.3, 0.4) is 0 Å². The molecule has 0 fully saturated rings. The van der Waals surface area contributed by atoms with Crippen LogP contribution in [-0.4, -0.2) is 26.7 Å².